The van der Waals surface area contributed by atoms with Gasteiger partial charge < -0.3 is 14.2 Å². The Morgan fingerprint density at radius 2 is 0.639 bits per heavy atom. The zero-order chi connectivity index (χ0) is 44.4. The van der Waals surface area contributed by atoms with Crippen molar-refractivity contribution in [2.45, 2.75) is 258 Å². The van der Waals surface area contributed by atoms with E-state index >= 15 is 0 Å². The van der Waals surface area contributed by atoms with Gasteiger partial charge in [0.25, 0.3) is 0 Å². The van der Waals surface area contributed by atoms with Crippen molar-refractivity contribution in [3.05, 3.63) is 60.8 Å². The van der Waals surface area contributed by atoms with Crippen molar-refractivity contribution in [1.82, 2.24) is 0 Å². The molecule has 6 nitrogen and oxygen atoms in total. The standard InChI is InChI=1S/C55H96O6/c1-4-7-10-13-15-17-19-21-23-25-26-27-28-30-31-33-35-37-39-42-45-48-54(57)60-51-52(50-59-53(56)47-44-41-12-9-6-3)61-55(58)49-46-43-40-38-36-34-32-29-24-22-20-18-16-14-11-8-5-2/h7,10,15,17,21-24,26-27,52H,4-6,8-9,11-14,16,18-20,25,28-51H2,1-3H3/b10-7-,17-15-,23-21-,24-22-,27-26-. The zero-order valence-corrected chi connectivity index (χ0v) is 40.2. The monoisotopic (exact) mass is 853 g/mol. The van der Waals surface area contributed by atoms with Crippen LogP contribution >= 0.6 is 0 Å². The fraction of sp³-hybridized carbons (Fsp3) is 0.764. The van der Waals surface area contributed by atoms with Gasteiger partial charge in [0.15, 0.2) is 6.10 Å². The number of carbonyl (C=O) groups excluding carboxylic acids is 3. The Hall–Kier alpha value is -2.89. The van der Waals surface area contributed by atoms with E-state index in [1.54, 1.807) is 0 Å². The quantitative estimate of drug-likeness (QED) is 0.0263. The Bertz CT molecular complexity index is 1120. The van der Waals surface area contributed by atoms with Gasteiger partial charge in [-0.15, -0.1) is 0 Å². The first-order chi connectivity index (χ1) is 30.0. The molecule has 0 heterocycles. The van der Waals surface area contributed by atoms with Gasteiger partial charge in [0.05, 0.1) is 0 Å². The Labute approximate surface area is 377 Å². The number of hydrogen-bond donors (Lipinski definition) is 0. The predicted molar refractivity (Wildman–Crippen MR) is 261 cm³/mol. The molecule has 0 aliphatic rings. The SMILES string of the molecule is CC/C=C\C/C=C\C/C=C\C/C=C\CCCCCCCCCCC(=O)OCC(COC(=O)CCCCCCC)OC(=O)CCCCCCCCC/C=C\CCCCCCCC. The van der Waals surface area contributed by atoms with Crippen LogP contribution in [-0.2, 0) is 28.6 Å². The molecule has 0 aliphatic carbocycles. The number of rotatable bonds is 46. The topological polar surface area (TPSA) is 78.9 Å². The summed E-state index contributed by atoms with van der Waals surface area (Å²) in [6.45, 7) is 6.43. The number of esters is 3. The summed E-state index contributed by atoms with van der Waals surface area (Å²) in [5.74, 6) is -0.901. The molecule has 0 spiro atoms. The summed E-state index contributed by atoms with van der Waals surface area (Å²) in [6.07, 6.45) is 61.0. The summed E-state index contributed by atoms with van der Waals surface area (Å²) in [7, 11) is 0. The van der Waals surface area contributed by atoms with E-state index in [4.69, 9.17) is 14.2 Å². The second-order valence-electron chi connectivity index (χ2n) is 17.1. The Morgan fingerprint density at radius 1 is 0.344 bits per heavy atom. The van der Waals surface area contributed by atoms with Gasteiger partial charge in [-0.05, 0) is 83.5 Å². The molecular weight excluding hydrogens is 757 g/mol. The van der Waals surface area contributed by atoms with Gasteiger partial charge in [-0.1, -0.05) is 210 Å². The Morgan fingerprint density at radius 3 is 1.02 bits per heavy atom. The summed E-state index contributed by atoms with van der Waals surface area (Å²) in [6, 6.07) is 0. The lowest BCUT2D eigenvalue weighted by Gasteiger charge is -2.18. The molecule has 0 saturated carbocycles. The van der Waals surface area contributed by atoms with Gasteiger partial charge in [-0.25, -0.2) is 0 Å². The summed E-state index contributed by atoms with van der Waals surface area (Å²) in [4.78, 5) is 37.7. The minimum Gasteiger partial charge on any atom is -0.462 e. The molecule has 0 rings (SSSR count). The van der Waals surface area contributed by atoms with E-state index in [0.717, 1.165) is 96.3 Å². The van der Waals surface area contributed by atoms with Gasteiger partial charge in [0.2, 0.25) is 0 Å². The van der Waals surface area contributed by atoms with Crippen molar-refractivity contribution in [3.8, 4) is 0 Å². The third-order valence-electron chi connectivity index (χ3n) is 11.0. The Balaban J connectivity index is 4.17. The van der Waals surface area contributed by atoms with E-state index in [-0.39, 0.29) is 31.1 Å². The van der Waals surface area contributed by atoms with Gasteiger partial charge in [-0.2, -0.15) is 0 Å². The highest BCUT2D eigenvalue weighted by molar-refractivity contribution is 5.71. The van der Waals surface area contributed by atoms with E-state index in [9.17, 15) is 14.4 Å². The minimum atomic E-state index is -0.775. The number of carbonyl (C=O) groups is 3. The van der Waals surface area contributed by atoms with Gasteiger partial charge in [0.1, 0.15) is 13.2 Å². The zero-order valence-electron chi connectivity index (χ0n) is 40.2. The first kappa shape index (κ1) is 58.1. The van der Waals surface area contributed by atoms with E-state index in [0.29, 0.717) is 19.3 Å². The van der Waals surface area contributed by atoms with Crippen LogP contribution < -0.4 is 0 Å². The van der Waals surface area contributed by atoms with Crippen LogP contribution in [0, 0.1) is 0 Å². The summed E-state index contributed by atoms with van der Waals surface area (Å²) in [5.41, 5.74) is 0. The normalized spacial score (nSPS) is 12.5. The lowest BCUT2D eigenvalue weighted by Crippen LogP contribution is -2.30. The first-order valence-corrected chi connectivity index (χ1v) is 25.8. The maximum atomic E-state index is 12.7. The van der Waals surface area contributed by atoms with Gasteiger partial charge in [-0.3, -0.25) is 14.4 Å². The molecule has 61 heavy (non-hydrogen) atoms. The number of hydrogen-bond acceptors (Lipinski definition) is 6. The fourth-order valence-electron chi connectivity index (χ4n) is 7.13. The maximum Gasteiger partial charge on any atom is 0.306 e. The average molecular weight is 853 g/mol. The lowest BCUT2D eigenvalue weighted by molar-refractivity contribution is -0.167. The second kappa shape index (κ2) is 49.8. The summed E-state index contributed by atoms with van der Waals surface area (Å²) < 4.78 is 16.7. The smallest absolute Gasteiger partial charge is 0.306 e. The molecule has 6 heteroatoms. The predicted octanol–water partition coefficient (Wildman–Crippen LogP) is 16.9. The van der Waals surface area contributed by atoms with Crippen LogP contribution in [-0.4, -0.2) is 37.2 Å². The van der Waals surface area contributed by atoms with Crippen LogP contribution in [0.1, 0.15) is 252 Å². The van der Waals surface area contributed by atoms with Crippen molar-refractivity contribution < 1.29 is 28.6 Å². The number of allylic oxidation sites excluding steroid dienone is 10. The minimum absolute atomic E-state index is 0.0789. The van der Waals surface area contributed by atoms with Crippen molar-refractivity contribution in [1.29, 1.82) is 0 Å². The van der Waals surface area contributed by atoms with Crippen molar-refractivity contribution in [2.75, 3.05) is 13.2 Å². The van der Waals surface area contributed by atoms with E-state index in [1.165, 1.54) is 116 Å². The molecular formula is C55H96O6. The second-order valence-corrected chi connectivity index (χ2v) is 17.1. The van der Waals surface area contributed by atoms with Crippen molar-refractivity contribution in [2.24, 2.45) is 0 Å². The highest BCUT2D eigenvalue weighted by Crippen LogP contribution is 2.14. The summed E-state index contributed by atoms with van der Waals surface area (Å²) >= 11 is 0. The average Bonchev–Trinajstić information content (AvgIpc) is 3.26. The fourth-order valence-corrected chi connectivity index (χ4v) is 7.13. The van der Waals surface area contributed by atoms with Gasteiger partial charge in [0, 0.05) is 19.3 Å². The van der Waals surface area contributed by atoms with Crippen LogP contribution in [0.4, 0.5) is 0 Å². The molecule has 0 N–H and O–H groups in total. The van der Waals surface area contributed by atoms with Gasteiger partial charge >= 0.3 is 17.9 Å². The third kappa shape index (κ3) is 48.0. The van der Waals surface area contributed by atoms with E-state index in [2.05, 4.69) is 81.5 Å². The number of unbranched alkanes of at least 4 members (excludes halogenated alkanes) is 25. The number of ether oxygens (including phenoxy) is 3. The van der Waals surface area contributed by atoms with Crippen LogP contribution in [0.2, 0.25) is 0 Å². The molecule has 0 radical (unpaired) electrons. The highest BCUT2D eigenvalue weighted by atomic mass is 16.6. The molecule has 0 saturated heterocycles. The molecule has 1 atom stereocenters. The van der Waals surface area contributed by atoms with Crippen LogP contribution in [0.15, 0.2) is 60.8 Å². The van der Waals surface area contributed by atoms with E-state index in [1.807, 2.05) is 0 Å². The van der Waals surface area contributed by atoms with Crippen LogP contribution in [0.3, 0.4) is 0 Å². The summed E-state index contributed by atoms with van der Waals surface area (Å²) in [5, 5.41) is 0. The lowest BCUT2D eigenvalue weighted by atomic mass is 10.1. The van der Waals surface area contributed by atoms with Crippen molar-refractivity contribution in [3.63, 3.8) is 0 Å². The largest absolute Gasteiger partial charge is 0.462 e. The molecule has 0 aromatic heterocycles. The maximum absolute atomic E-state index is 12.7. The molecule has 0 aromatic carbocycles. The molecule has 1 unspecified atom stereocenters. The molecule has 352 valence electrons. The molecule has 0 amide bonds. The molecule has 0 fully saturated rings. The third-order valence-corrected chi connectivity index (χ3v) is 11.0. The van der Waals surface area contributed by atoms with E-state index < -0.39 is 6.10 Å². The van der Waals surface area contributed by atoms with Crippen LogP contribution in [0.5, 0.6) is 0 Å². The molecule has 0 aliphatic heterocycles. The Kier molecular flexibility index (Phi) is 47.4. The van der Waals surface area contributed by atoms with Crippen molar-refractivity contribution >= 4 is 17.9 Å². The van der Waals surface area contributed by atoms with Crippen LogP contribution in [0.25, 0.3) is 0 Å². The first-order valence-electron chi connectivity index (χ1n) is 25.8. The molecule has 0 aromatic rings. The highest BCUT2D eigenvalue weighted by Gasteiger charge is 2.19. The molecule has 0 bridgehead atoms.